The molecule has 5 rings (SSSR count). The molecule has 0 spiro atoms. The van der Waals surface area contributed by atoms with Gasteiger partial charge in [0, 0.05) is 42.6 Å². The number of alkyl halides is 2. The summed E-state index contributed by atoms with van der Waals surface area (Å²) in [5.41, 5.74) is 3.98. The van der Waals surface area contributed by atoms with Crippen molar-refractivity contribution in [1.29, 1.82) is 0 Å². The molecule has 3 aromatic rings. The molecule has 1 N–H and O–H groups in total. The van der Waals surface area contributed by atoms with Gasteiger partial charge in [0.05, 0.1) is 40.9 Å². The van der Waals surface area contributed by atoms with E-state index in [1.807, 2.05) is 12.1 Å². The van der Waals surface area contributed by atoms with E-state index in [1.165, 1.54) is 6.07 Å². The molecule has 4 heterocycles. The summed E-state index contributed by atoms with van der Waals surface area (Å²) in [7, 11) is -3.78. The summed E-state index contributed by atoms with van der Waals surface area (Å²) in [4.78, 5) is 13.1. The van der Waals surface area contributed by atoms with Crippen LogP contribution >= 0.6 is 0 Å². The van der Waals surface area contributed by atoms with Gasteiger partial charge in [0.25, 0.3) is 6.43 Å². The Bertz CT molecular complexity index is 1460. The van der Waals surface area contributed by atoms with Crippen LogP contribution in [0.1, 0.15) is 28.3 Å². The molecule has 35 heavy (non-hydrogen) atoms. The zero-order valence-corrected chi connectivity index (χ0v) is 19.5. The second kappa shape index (κ2) is 9.04. The monoisotopic (exact) mass is 502 g/mol. The Labute approximate surface area is 200 Å². The van der Waals surface area contributed by atoms with Crippen molar-refractivity contribution in [2.45, 2.75) is 37.2 Å². The molecule has 0 unspecified atom stereocenters. The number of aromatic nitrogens is 2. The Hall–Kier alpha value is -3.31. The first-order chi connectivity index (χ1) is 16.7. The highest BCUT2D eigenvalue weighted by atomic mass is 32.2. The number of sulfone groups is 1. The van der Waals surface area contributed by atoms with Gasteiger partial charge in [0.15, 0.2) is 9.84 Å². The van der Waals surface area contributed by atoms with E-state index >= 15 is 0 Å². The molecule has 7 nitrogen and oxygen atoms in total. The van der Waals surface area contributed by atoms with Gasteiger partial charge in [-0.05, 0) is 35.9 Å². The normalized spacial score (nSPS) is 15.1. The van der Waals surface area contributed by atoms with Crippen LogP contribution in [-0.4, -0.2) is 43.4 Å². The molecule has 0 bridgehead atoms. The Morgan fingerprint density at radius 3 is 2.63 bits per heavy atom. The lowest BCUT2D eigenvalue weighted by atomic mass is 10.1. The minimum Gasteiger partial charge on any atom is -0.376 e. The minimum absolute atomic E-state index is 0.112. The fourth-order valence-corrected chi connectivity index (χ4v) is 5.02. The molecule has 0 fully saturated rings. The van der Waals surface area contributed by atoms with Crippen LogP contribution in [0.5, 0.6) is 0 Å². The Balaban J connectivity index is 1.54. The molecule has 0 amide bonds. The molecule has 0 saturated carbocycles. The third-order valence-corrected chi connectivity index (χ3v) is 6.95. The molecule has 2 aliphatic heterocycles. The summed E-state index contributed by atoms with van der Waals surface area (Å²) >= 11 is 0. The van der Waals surface area contributed by atoms with Gasteiger partial charge in [-0.2, -0.15) is 0 Å². The predicted molar refractivity (Wildman–Crippen MR) is 124 cm³/mol. The SMILES string of the molecule is CS(=O)(=O)c1cc(F)ccc1Nc1cc(Cc2ccc3c(n2)CCOC3)nc2c1N=C(C(F)F)C2. The van der Waals surface area contributed by atoms with Gasteiger partial charge in [0.1, 0.15) is 11.5 Å². The fourth-order valence-electron chi connectivity index (χ4n) is 4.17. The van der Waals surface area contributed by atoms with E-state index in [4.69, 9.17) is 9.72 Å². The molecule has 0 atom stereocenters. The maximum Gasteiger partial charge on any atom is 0.277 e. The smallest absolute Gasteiger partial charge is 0.277 e. The summed E-state index contributed by atoms with van der Waals surface area (Å²) in [5.74, 6) is -0.710. The fraction of sp³-hybridized carbons (Fsp3) is 0.292. The van der Waals surface area contributed by atoms with E-state index in [0.717, 1.165) is 35.3 Å². The third kappa shape index (κ3) is 4.92. The van der Waals surface area contributed by atoms with Gasteiger partial charge in [-0.3, -0.25) is 9.97 Å². The topological polar surface area (TPSA) is 93.5 Å². The van der Waals surface area contributed by atoms with Crippen molar-refractivity contribution in [1.82, 2.24) is 9.97 Å². The van der Waals surface area contributed by atoms with Gasteiger partial charge in [-0.15, -0.1) is 0 Å². The Kier molecular flexibility index (Phi) is 6.06. The second-order valence-corrected chi connectivity index (χ2v) is 10.4. The average molecular weight is 503 g/mol. The lowest BCUT2D eigenvalue weighted by molar-refractivity contribution is 0.109. The lowest BCUT2D eigenvalue weighted by Crippen LogP contribution is -2.13. The number of anilines is 2. The van der Waals surface area contributed by atoms with Crippen LogP contribution in [0, 0.1) is 5.82 Å². The average Bonchev–Trinajstić information content (AvgIpc) is 3.24. The summed E-state index contributed by atoms with van der Waals surface area (Å²) in [5, 5.41) is 2.97. The van der Waals surface area contributed by atoms with Crippen molar-refractivity contribution in [2.75, 3.05) is 18.2 Å². The van der Waals surface area contributed by atoms with Crippen LogP contribution in [-0.2, 0) is 40.4 Å². The Morgan fingerprint density at radius 1 is 1.06 bits per heavy atom. The zero-order chi connectivity index (χ0) is 24.7. The van der Waals surface area contributed by atoms with Crippen molar-refractivity contribution in [3.63, 3.8) is 0 Å². The standard InChI is InChI=1S/C24H21F3N4O3S/c1-35(32,33)22-8-14(25)3-5-18(22)30-19-10-16(29-20-11-21(24(26)27)31-23(19)20)9-15-4-2-13-12-34-7-6-17(13)28-15/h2-5,8,10,24H,6-7,9,11-12H2,1H3,(H,29,30). The number of halogens is 3. The van der Waals surface area contributed by atoms with Crippen LogP contribution in [0.2, 0.25) is 0 Å². The minimum atomic E-state index is -3.78. The number of benzene rings is 1. The first kappa shape index (κ1) is 23.4. The molecule has 0 radical (unpaired) electrons. The second-order valence-electron chi connectivity index (χ2n) is 8.46. The van der Waals surface area contributed by atoms with Crippen molar-refractivity contribution >= 4 is 32.6 Å². The van der Waals surface area contributed by atoms with Gasteiger partial charge in [-0.1, -0.05) is 6.07 Å². The van der Waals surface area contributed by atoms with Crippen LogP contribution in [0.15, 0.2) is 46.3 Å². The largest absolute Gasteiger partial charge is 0.376 e. The van der Waals surface area contributed by atoms with E-state index in [-0.39, 0.29) is 28.4 Å². The molecule has 182 valence electrons. The number of hydrogen-bond donors (Lipinski definition) is 1. The number of pyridine rings is 2. The number of ether oxygens (including phenoxy) is 1. The summed E-state index contributed by atoms with van der Waals surface area (Å²) in [6.07, 6.45) is -0.856. The van der Waals surface area contributed by atoms with Crippen molar-refractivity contribution < 1.29 is 26.3 Å². The predicted octanol–water partition coefficient (Wildman–Crippen LogP) is 4.32. The number of aliphatic imine (C=N–C) groups is 1. The quantitative estimate of drug-likeness (QED) is 0.540. The molecule has 11 heteroatoms. The van der Waals surface area contributed by atoms with Gasteiger partial charge in [-0.25, -0.2) is 26.6 Å². The number of nitrogens with zero attached hydrogens (tertiary/aromatic N) is 3. The first-order valence-corrected chi connectivity index (χ1v) is 12.8. The molecular formula is C24H21F3N4O3S. The van der Waals surface area contributed by atoms with Crippen molar-refractivity contribution in [3.8, 4) is 0 Å². The number of rotatable bonds is 6. The van der Waals surface area contributed by atoms with Crippen LogP contribution < -0.4 is 5.32 Å². The van der Waals surface area contributed by atoms with Crippen molar-refractivity contribution in [3.05, 3.63) is 70.6 Å². The highest BCUT2D eigenvalue weighted by molar-refractivity contribution is 7.90. The van der Waals surface area contributed by atoms with Crippen LogP contribution in [0.3, 0.4) is 0 Å². The van der Waals surface area contributed by atoms with E-state index in [2.05, 4.69) is 15.3 Å². The molecule has 0 saturated heterocycles. The van der Waals surface area contributed by atoms with E-state index in [9.17, 15) is 21.6 Å². The molecule has 0 aliphatic carbocycles. The first-order valence-electron chi connectivity index (χ1n) is 10.9. The summed E-state index contributed by atoms with van der Waals surface area (Å²) < 4.78 is 70.5. The number of nitrogens with one attached hydrogen (secondary N) is 1. The van der Waals surface area contributed by atoms with E-state index < -0.39 is 22.1 Å². The van der Waals surface area contributed by atoms with Crippen LogP contribution in [0.25, 0.3) is 0 Å². The van der Waals surface area contributed by atoms with E-state index in [0.29, 0.717) is 43.1 Å². The summed E-state index contributed by atoms with van der Waals surface area (Å²) in [6, 6.07) is 8.79. The van der Waals surface area contributed by atoms with Crippen LogP contribution in [0.4, 0.5) is 30.2 Å². The highest BCUT2D eigenvalue weighted by Gasteiger charge is 2.27. The maximum absolute atomic E-state index is 13.8. The zero-order valence-electron chi connectivity index (χ0n) is 18.7. The summed E-state index contributed by atoms with van der Waals surface area (Å²) in [6.45, 7) is 1.12. The number of fused-ring (bicyclic) bond motifs is 2. The lowest BCUT2D eigenvalue weighted by Gasteiger charge is -2.17. The van der Waals surface area contributed by atoms with Crippen molar-refractivity contribution in [2.24, 2.45) is 4.99 Å². The Morgan fingerprint density at radius 2 is 1.86 bits per heavy atom. The maximum atomic E-state index is 13.8. The molecule has 2 aromatic heterocycles. The number of hydrogen-bond acceptors (Lipinski definition) is 7. The van der Waals surface area contributed by atoms with Gasteiger partial charge in [0.2, 0.25) is 0 Å². The van der Waals surface area contributed by atoms with E-state index in [1.54, 1.807) is 6.07 Å². The molecule has 2 aliphatic rings. The highest BCUT2D eigenvalue weighted by Crippen LogP contribution is 2.38. The molecule has 1 aromatic carbocycles. The van der Waals surface area contributed by atoms with Gasteiger partial charge < -0.3 is 10.1 Å². The van der Waals surface area contributed by atoms with Gasteiger partial charge >= 0.3 is 0 Å². The third-order valence-electron chi connectivity index (χ3n) is 5.82. The molecular weight excluding hydrogens is 481 g/mol.